The normalized spacial score (nSPS) is 14.4. The molecular formula is C11H12N6O2S. The van der Waals surface area contributed by atoms with Crippen LogP contribution >= 0.6 is 11.8 Å². The zero-order valence-electron chi connectivity index (χ0n) is 10.5. The van der Waals surface area contributed by atoms with Crippen molar-refractivity contribution < 1.29 is 4.92 Å². The largest absolute Gasteiger partial charge is 0.393 e. The average Bonchev–Trinajstić information content (AvgIpc) is 3.15. The highest BCUT2D eigenvalue weighted by Gasteiger charge is 2.27. The smallest absolute Gasteiger partial charge is 0.292 e. The molecule has 0 bridgehead atoms. The molecule has 1 saturated carbocycles. The van der Waals surface area contributed by atoms with E-state index in [4.69, 9.17) is 5.73 Å². The molecule has 0 spiro atoms. The van der Waals surface area contributed by atoms with Gasteiger partial charge in [0.1, 0.15) is 5.69 Å². The Hall–Kier alpha value is -2.16. The molecule has 1 fully saturated rings. The van der Waals surface area contributed by atoms with Crippen LogP contribution < -0.4 is 5.73 Å². The topological polar surface area (TPSA) is 113 Å². The van der Waals surface area contributed by atoms with Gasteiger partial charge in [0.25, 0.3) is 5.69 Å². The van der Waals surface area contributed by atoms with E-state index in [2.05, 4.69) is 15.5 Å². The highest BCUT2D eigenvalue weighted by Crippen LogP contribution is 2.37. The maximum absolute atomic E-state index is 10.7. The molecule has 1 aromatic carbocycles. The highest BCUT2D eigenvalue weighted by molar-refractivity contribution is 7.98. The molecule has 9 heteroatoms. The minimum absolute atomic E-state index is 0.0680. The van der Waals surface area contributed by atoms with Crippen molar-refractivity contribution in [2.75, 3.05) is 5.73 Å². The molecule has 104 valence electrons. The van der Waals surface area contributed by atoms with Crippen LogP contribution in [0.15, 0.2) is 23.4 Å². The van der Waals surface area contributed by atoms with Crippen molar-refractivity contribution in [2.24, 2.45) is 0 Å². The van der Waals surface area contributed by atoms with Crippen molar-refractivity contribution >= 4 is 23.1 Å². The number of tetrazole rings is 1. The first kappa shape index (κ1) is 12.9. The van der Waals surface area contributed by atoms with Crippen LogP contribution in [0.25, 0.3) is 0 Å². The van der Waals surface area contributed by atoms with Gasteiger partial charge in [0.2, 0.25) is 5.16 Å². The molecule has 2 aromatic rings. The van der Waals surface area contributed by atoms with Crippen molar-refractivity contribution in [3.8, 4) is 0 Å². The standard InChI is InChI=1S/C11H12N6O2S/c12-9-5-7(1-4-10(9)17(18)19)6-20-11-13-14-15-16(11)8-2-3-8/h1,4-5,8H,2-3,6,12H2. The molecule has 0 radical (unpaired) electrons. The number of aromatic nitrogens is 4. The lowest BCUT2D eigenvalue weighted by atomic mass is 10.2. The molecule has 1 aliphatic carbocycles. The fourth-order valence-electron chi connectivity index (χ4n) is 1.84. The summed E-state index contributed by atoms with van der Waals surface area (Å²) >= 11 is 1.50. The van der Waals surface area contributed by atoms with E-state index >= 15 is 0 Å². The first-order chi connectivity index (χ1) is 9.65. The van der Waals surface area contributed by atoms with Crippen molar-refractivity contribution in [3.63, 3.8) is 0 Å². The molecule has 0 saturated heterocycles. The van der Waals surface area contributed by atoms with Crippen LogP contribution in [0.3, 0.4) is 0 Å². The summed E-state index contributed by atoms with van der Waals surface area (Å²) in [6, 6.07) is 5.17. The highest BCUT2D eigenvalue weighted by atomic mass is 32.2. The molecule has 2 N–H and O–H groups in total. The van der Waals surface area contributed by atoms with Crippen LogP contribution in [-0.4, -0.2) is 25.1 Å². The fraction of sp³-hybridized carbons (Fsp3) is 0.364. The number of nitrogens with zero attached hydrogens (tertiary/aromatic N) is 5. The lowest BCUT2D eigenvalue weighted by Crippen LogP contribution is -1.99. The molecule has 0 atom stereocenters. The Morgan fingerprint density at radius 2 is 2.30 bits per heavy atom. The number of rotatable bonds is 5. The maximum Gasteiger partial charge on any atom is 0.292 e. The number of thioether (sulfide) groups is 1. The van der Waals surface area contributed by atoms with Crippen LogP contribution in [0, 0.1) is 10.1 Å². The summed E-state index contributed by atoms with van der Waals surface area (Å²) in [7, 11) is 0. The predicted octanol–water partition coefficient (Wildman–Crippen LogP) is 1.79. The molecule has 1 aromatic heterocycles. The van der Waals surface area contributed by atoms with Gasteiger partial charge in [0.15, 0.2) is 0 Å². The average molecular weight is 292 g/mol. The van der Waals surface area contributed by atoms with E-state index in [-0.39, 0.29) is 11.4 Å². The Labute approximate surface area is 118 Å². The van der Waals surface area contributed by atoms with Crippen LogP contribution in [0.1, 0.15) is 24.4 Å². The summed E-state index contributed by atoms with van der Waals surface area (Å²) in [6.07, 6.45) is 2.23. The quantitative estimate of drug-likeness (QED) is 0.387. The predicted molar refractivity (Wildman–Crippen MR) is 73.2 cm³/mol. The van der Waals surface area contributed by atoms with Gasteiger partial charge in [0, 0.05) is 11.8 Å². The molecule has 1 heterocycles. The van der Waals surface area contributed by atoms with Crippen molar-refractivity contribution in [2.45, 2.75) is 29.8 Å². The zero-order chi connectivity index (χ0) is 14.1. The third-order valence-electron chi connectivity index (χ3n) is 3.01. The molecule has 3 rings (SSSR count). The van der Waals surface area contributed by atoms with E-state index in [0.717, 1.165) is 23.6 Å². The minimum atomic E-state index is -0.486. The molecule has 0 unspecified atom stereocenters. The second kappa shape index (κ2) is 5.08. The third-order valence-corrected chi connectivity index (χ3v) is 4.02. The number of nitro benzene ring substituents is 1. The van der Waals surface area contributed by atoms with Gasteiger partial charge in [-0.15, -0.1) is 5.10 Å². The first-order valence-corrected chi connectivity index (χ1v) is 7.07. The van der Waals surface area contributed by atoms with E-state index in [1.54, 1.807) is 12.1 Å². The second-order valence-electron chi connectivity index (χ2n) is 4.58. The summed E-state index contributed by atoms with van der Waals surface area (Å²) in [5.41, 5.74) is 6.68. The number of anilines is 1. The van der Waals surface area contributed by atoms with Gasteiger partial charge in [-0.1, -0.05) is 17.8 Å². The summed E-state index contributed by atoms with van der Waals surface area (Å²) in [4.78, 5) is 10.2. The molecule has 0 amide bonds. The second-order valence-corrected chi connectivity index (χ2v) is 5.52. The lowest BCUT2D eigenvalue weighted by Gasteiger charge is -2.04. The van der Waals surface area contributed by atoms with Crippen LogP contribution in [0.2, 0.25) is 0 Å². The Kier molecular flexibility index (Phi) is 3.26. The van der Waals surface area contributed by atoms with Crippen LogP contribution in [0.5, 0.6) is 0 Å². The molecule has 0 aliphatic heterocycles. The minimum Gasteiger partial charge on any atom is -0.393 e. The summed E-state index contributed by atoms with van der Waals surface area (Å²) in [5, 5.41) is 23.1. The van der Waals surface area contributed by atoms with Crippen LogP contribution in [-0.2, 0) is 5.75 Å². The van der Waals surface area contributed by atoms with Crippen LogP contribution in [0.4, 0.5) is 11.4 Å². The van der Waals surface area contributed by atoms with Gasteiger partial charge in [-0.3, -0.25) is 10.1 Å². The fourth-order valence-corrected chi connectivity index (χ4v) is 2.72. The molecule has 1 aliphatic rings. The van der Waals surface area contributed by atoms with E-state index < -0.39 is 4.92 Å². The third kappa shape index (κ3) is 2.57. The first-order valence-electron chi connectivity index (χ1n) is 6.08. The number of hydrogen-bond donors (Lipinski definition) is 1. The maximum atomic E-state index is 10.7. The van der Waals surface area contributed by atoms with Gasteiger partial charge in [0.05, 0.1) is 11.0 Å². The van der Waals surface area contributed by atoms with Crippen molar-refractivity contribution in [1.29, 1.82) is 0 Å². The van der Waals surface area contributed by atoms with E-state index in [1.807, 2.05) is 4.68 Å². The molecular weight excluding hydrogens is 280 g/mol. The Morgan fingerprint density at radius 3 is 2.95 bits per heavy atom. The summed E-state index contributed by atoms with van der Waals surface area (Å²) in [6.45, 7) is 0. The zero-order valence-corrected chi connectivity index (χ0v) is 11.3. The van der Waals surface area contributed by atoms with Crippen molar-refractivity contribution in [3.05, 3.63) is 33.9 Å². The summed E-state index contributed by atoms with van der Waals surface area (Å²) < 4.78 is 1.83. The monoisotopic (exact) mass is 292 g/mol. The lowest BCUT2D eigenvalue weighted by molar-refractivity contribution is -0.383. The van der Waals surface area contributed by atoms with Gasteiger partial charge >= 0.3 is 0 Å². The number of hydrogen-bond acceptors (Lipinski definition) is 7. The number of nitrogens with two attached hydrogens (primary N) is 1. The van der Waals surface area contributed by atoms with Gasteiger partial charge in [-0.25, -0.2) is 4.68 Å². The van der Waals surface area contributed by atoms with Crippen molar-refractivity contribution in [1.82, 2.24) is 20.2 Å². The SMILES string of the molecule is Nc1cc(CSc2nnnn2C2CC2)ccc1[N+](=O)[O-]. The Bertz CT molecular complexity index is 654. The molecule has 20 heavy (non-hydrogen) atoms. The van der Waals surface area contributed by atoms with Gasteiger partial charge in [-0.2, -0.15) is 0 Å². The molecule has 8 nitrogen and oxygen atoms in total. The number of nitro groups is 1. The Balaban J connectivity index is 1.70. The van der Waals surface area contributed by atoms with E-state index in [0.29, 0.717) is 11.8 Å². The van der Waals surface area contributed by atoms with E-state index in [1.165, 1.54) is 17.8 Å². The van der Waals surface area contributed by atoms with E-state index in [9.17, 15) is 10.1 Å². The number of benzene rings is 1. The van der Waals surface area contributed by atoms with Gasteiger partial charge < -0.3 is 5.73 Å². The number of nitrogen functional groups attached to an aromatic ring is 1. The summed E-state index contributed by atoms with van der Waals surface area (Å²) in [5.74, 6) is 0.620. The Morgan fingerprint density at radius 1 is 1.50 bits per heavy atom. The van der Waals surface area contributed by atoms with Gasteiger partial charge in [-0.05, 0) is 34.9 Å².